The van der Waals surface area contributed by atoms with Gasteiger partial charge in [-0.2, -0.15) is 0 Å². The molecule has 0 spiro atoms. The van der Waals surface area contributed by atoms with Crippen molar-refractivity contribution >= 4 is 11.7 Å². The van der Waals surface area contributed by atoms with Crippen molar-refractivity contribution in [2.45, 2.75) is 13.5 Å². The maximum Gasteiger partial charge on any atom is 0.257 e. The molecule has 1 amide bonds. The number of nitrogen functional groups attached to an aromatic ring is 1. The third-order valence-electron chi connectivity index (χ3n) is 2.89. The second-order valence-electron chi connectivity index (χ2n) is 4.20. The van der Waals surface area contributed by atoms with Gasteiger partial charge in [-0.05, 0) is 25.1 Å². The standard InChI is InChI=1S/C14H15FN4O/c1-2-19(9-10-5-3-4-7-17-10)14(20)11-6-8-18-13(16)12(11)15/h3-8H,2,9H2,1H3,(H2,16,18). The van der Waals surface area contributed by atoms with Crippen LogP contribution in [0.1, 0.15) is 23.0 Å². The lowest BCUT2D eigenvalue weighted by Crippen LogP contribution is -2.31. The molecule has 0 saturated heterocycles. The summed E-state index contributed by atoms with van der Waals surface area (Å²) in [6.07, 6.45) is 2.97. The highest BCUT2D eigenvalue weighted by atomic mass is 19.1. The molecule has 0 aliphatic rings. The smallest absolute Gasteiger partial charge is 0.257 e. The SMILES string of the molecule is CCN(Cc1ccccn1)C(=O)c1ccnc(N)c1F. The average Bonchev–Trinajstić information content (AvgIpc) is 2.48. The molecule has 0 aromatic carbocycles. The van der Waals surface area contributed by atoms with E-state index in [1.807, 2.05) is 19.1 Å². The minimum atomic E-state index is -0.781. The fraction of sp³-hybridized carbons (Fsp3) is 0.214. The van der Waals surface area contributed by atoms with E-state index in [1.165, 1.54) is 17.2 Å². The van der Waals surface area contributed by atoms with Crippen LogP contribution >= 0.6 is 0 Å². The van der Waals surface area contributed by atoms with Gasteiger partial charge >= 0.3 is 0 Å². The molecule has 2 aromatic heterocycles. The van der Waals surface area contributed by atoms with Crippen LogP contribution in [-0.4, -0.2) is 27.3 Å². The highest BCUT2D eigenvalue weighted by molar-refractivity contribution is 5.95. The number of carbonyl (C=O) groups excluding carboxylic acids is 1. The zero-order valence-electron chi connectivity index (χ0n) is 11.1. The number of anilines is 1. The van der Waals surface area contributed by atoms with Crippen LogP contribution in [0, 0.1) is 5.82 Å². The van der Waals surface area contributed by atoms with Crippen LogP contribution in [0.4, 0.5) is 10.2 Å². The minimum absolute atomic E-state index is 0.0738. The van der Waals surface area contributed by atoms with Crippen LogP contribution < -0.4 is 5.73 Å². The molecule has 0 bridgehead atoms. The van der Waals surface area contributed by atoms with Crippen molar-refractivity contribution in [3.63, 3.8) is 0 Å². The molecular formula is C14H15FN4O. The Bertz CT molecular complexity index is 603. The number of nitrogens with two attached hydrogens (primary N) is 1. The summed E-state index contributed by atoms with van der Waals surface area (Å²) in [6, 6.07) is 6.78. The Hall–Kier alpha value is -2.50. The third-order valence-corrected chi connectivity index (χ3v) is 2.89. The molecule has 0 saturated carbocycles. The van der Waals surface area contributed by atoms with Gasteiger partial charge < -0.3 is 10.6 Å². The van der Waals surface area contributed by atoms with Crippen molar-refractivity contribution in [1.29, 1.82) is 0 Å². The predicted molar refractivity (Wildman–Crippen MR) is 73.3 cm³/mol. The third kappa shape index (κ3) is 2.90. The first-order chi connectivity index (χ1) is 9.63. The molecule has 0 aliphatic heterocycles. The summed E-state index contributed by atoms with van der Waals surface area (Å²) in [5.41, 5.74) is 6.05. The second-order valence-corrected chi connectivity index (χ2v) is 4.20. The topological polar surface area (TPSA) is 72.1 Å². The quantitative estimate of drug-likeness (QED) is 0.923. The Morgan fingerprint density at radius 2 is 2.10 bits per heavy atom. The van der Waals surface area contributed by atoms with Gasteiger partial charge in [0.15, 0.2) is 11.6 Å². The van der Waals surface area contributed by atoms with Gasteiger partial charge in [0.1, 0.15) is 0 Å². The number of nitrogens with zero attached hydrogens (tertiary/aromatic N) is 3. The summed E-state index contributed by atoms with van der Waals surface area (Å²) in [5.74, 6) is -1.48. The number of rotatable bonds is 4. The van der Waals surface area contributed by atoms with Crippen LogP contribution in [-0.2, 0) is 6.54 Å². The molecule has 5 nitrogen and oxygen atoms in total. The first-order valence-corrected chi connectivity index (χ1v) is 6.22. The van der Waals surface area contributed by atoms with E-state index in [0.29, 0.717) is 13.1 Å². The predicted octanol–water partition coefficient (Wildman–Crippen LogP) is 1.86. The lowest BCUT2D eigenvalue weighted by atomic mass is 10.2. The van der Waals surface area contributed by atoms with E-state index in [9.17, 15) is 9.18 Å². The summed E-state index contributed by atoms with van der Waals surface area (Å²) in [4.78, 5) is 21.6. The summed E-state index contributed by atoms with van der Waals surface area (Å²) < 4.78 is 13.8. The van der Waals surface area contributed by atoms with Crippen molar-refractivity contribution in [1.82, 2.24) is 14.9 Å². The lowest BCUT2D eigenvalue weighted by Gasteiger charge is -2.20. The maximum absolute atomic E-state index is 13.8. The molecule has 2 aromatic rings. The lowest BCUT2D eigenvalue weighted by molar-refractivity contribution is 0.0746. The van der Waals surface area contributed by atoms with Crippen molar-refractivity contribution in [3.05, 3.63) is 53.7 Å². The Morgan fingerprint density at radius 1 is 1.30 bits per heavy atom. The Balaban J connectivity index is 2.23. The highest BCUT2D eigenvalue weighted by Crippen LogP contribution is 2.15. The van der Waals surface area contributed by atoms with E-state index in [0.717, 1.165) is 5.69 Å². The van der Waals surface area contributed by atoms with Gasteiger partial charge in [-0.3, -0.25) is 9.78 Å². The highest BCUT2D eigenvalue weighted by Gasteiger charge is 2.20. The first kappa shape index (κ1) is 13.9. The van der Waals surface area contributed by atoms with Crippen LogP contribution in [0.5, 0.6) is 0 Å². The number of carbonyl (C=O) groups is 1. The molecule has 0 fully saturated rings. The molecule has 6 heteroatoms. The second kappa shape index (κ2) is 6.10. The largest absolute Gasteiger partial charge is 0.381 e. The molecule has 2 rings (SSSR count). The van der Waals surface area contributed by atoms with E-state index in [1.54, 1.807) is 12.3 Å². The van der Waals surface area contributed by atoms with Crippen molar-refractivity contribution < 1.29 is 9.18 Å². The van der Waals surface area contributed by atoms with Crippen LogP contribution in [0.3, 0.4) is 0 Å². The Labute approximate surface area is 116 Å². The number of pyridine rings is 2. The van der Waals surface area contributed by atoms with E-state index in [4.69, 9.17) is 5.73 Å². The van der Waals surface area contributed by atoms with Crippen LogP contribution in [0.25, 0.3) is 0 Å². The molecule has 20 heavy (non-hydrogen) atoms. The summed E-state index contributed by atoms with van der Waals surface area (Å²) in [7, 11) is 0. The summed E-state index contributed by atoms with van der Waals surface area (Å²) in [6.45, 7) is 2.58. The van der Waals surface area contributed by atoms with E-state index >= 15 is 0 Å². The first-order valence-electron chi connectivity index (χ1n) is 6.22. The van der Waals surface area contributed by atoms with E-state index in [2.05, 4.69) is 9.97 Å². The summed E-state index contributed by atoms with van der Waals surface area (Å²) in [5, 5.41) is 0. The van der Waals surface area contributed by atoms with Crippen molar-refractivity contribution in [2.24, 2.45) is 0 Å². The van der Waals surface area contributed by atoms with Gasteiger partial charge in [-0.1, -0.05) is 6.07 Å². The van der Waals surface area contributed by atoms with Gasteiger partial charge in [-0.25, -0.2) is 9.37 Å². The Kier molecular flexibility index (Phi) is 4.24. The molecule has 0 unspecified atom stereocenters. The van der Waals surface area contributed by atoms with Crippen LogP contribution in [0.15, 0.2) is 36.7 Å². The molecule has 104 valence electrons. The fourth-order valence-electron chi connectivity index (χ4n) is 1.81. The van der Waals surface area contributed by atoms with E-state index < -0.39 is 11.7 Å². The van der Waals surface area contributed by atoms with Gasteiger partial charge in [-0.15, -0.1) is 0 Å². The normalized spacial score (nSPS) is 10.3. The monoisotopic (exact) mass is 274 g/mol. The Morgan fingerprint density at radius 3 is 2.75 bits per heavy atom. The van der Waals surface area contributed by atoms with Gasteiger partial charge in [0.2, 0.25) is 0 Å². The molecule has 2 N–H and O–H groups in total. The molecular weight excluding hydrogens is 259 g/mol. The number of hydrogen-bond acceptors (Lipinski definition) is 4. The van der Waals surface area contributed by atoms with Gasteiger partial charge in [0, 0.05) is 18.9 Å². The average molecular weight is 274 g/mol. The number of amides is 1. The fourth-order valence-corrected chi connectivity index (χ4v) is 1.81. The maximum atomic E-state index is 13.8. The van der Waals surface area contributed by atoms with Crippen molar-refractivity contribution in [3.8, 4) is 0 Å². The van der Waals surface area contributed by atoms with Crippen molar-refractivity contribution in [2.75, 3.05) is 12.3 Å². The molecule has 0 radical (unpaired) electrons. The molecule has 2 heterocycles. The zero-order valence-corrected chi connectivity index (χ0v) is 11.1. The summed E-state index contributed by atoms with van der Waals surface area (Å²) >= 11 is 0. The zero-order chi connectivity index (χ0) is 14.5. The van der Waals surface area contributed by atoms with E-state index in [-0.39, 0.29) is 11.4 Å². The van der Waals surface area contributed by atoms with Gasteiger partial charge in [0.05, 0.1) is 17.8 Å². The number of halogens is 1. The minimum Gasteiger partial charge on any atom is -0.381 e. The van der Waals surface area contributed by atoms with Gasteiger partial charge in [0.25, 0.3) is 5.91 Å². The number of hydrogen-bond donors (Lipinski definition) is 1. The van der Waals surface area contributed by atoms with Crippen LogP contribution in [0.2, 0.25) is 0 Å². The molecule has 0 atom stereocenters. The molecule has 0 aliphatic carbocycles. The number of aromatic nitrogens is 2.